The standard InChI is InChI=1S/C15H22N2O2S/c1-15(10-18,12-5-6-12)17-14(19)16-13-7-3-11(4-8-13)9-20-2/h3-4,7-8,12,18H,5-6,9-10H2,1-2H3,(H2,16,17,19). The van der Waals surface area contributed by atoms with Gasteiger partial charge in [0.15, 0.2) is 0 Å². The van der Waals surface area contributed by atoms with Crippen LogP contribution in [0.5, 0.6) is 0 Å². The molecular weight excluding hydrogens is 272 g/mol. The molecule has 5 heteroatoms. The lowest BCUT2D eigenvalue weighted by molar-refractivity contribution is 0.159. The molecule has 0 saturated heterocycles. The second-order valence-electron chi connectivity index (χ2n) is 5.56. The topological polar surface area (TPSA) is 61.4 Å². The number of benzene rings is 1. The molecule has 0 aromatic heterocycles. The number of aliphatic hydroxyl groups excluding tert-OH is 1. The summed E-state index contributed by atoms with van der Waals surface area (Å²) in [6.07, 6.45) is 4.20. The van der Waals surface area contributed by atoms with E-state index in [-0.39, 0.29) is 12.6 Å². The monoisotopic (exact) mass is 294 g/mol. The lowest BCUT2D eigenvalue weighted by atomic mass is 9.97. The molecule has 0 spiro atoms. The quantitative estimate of drug-likeness (QED) is 0.756. The molecule has 1 aliphatic rings. The van der Waals surface area contributed by atoms with Crippen molar-refractivity contribution in [2.45, 2.75) is 31.1 Å². The maximum absolute atomic E-state index is 12.0. The fourth-order valence-electron chi connectivity index (χ4n) is 2.26. The number of rotatable bonds is 6. The third-order valence-corrected chi connectivity index (χ3v) is 4.35. The highest BCUT2D eigenvalue weighted by molar-refractivity contribution is 7.97. The Morgan fingerprint density at radius 3 is 2.55 bits per heavy atom. The van der Waals surface area contributed by atoms with Gasteiger partial charge in [-0.25, -0.2) is 4.79 Å². The van der Waals surface area contributed by atoms with Crippen LogP contribution in [-0.4, -0.2) is 29.5 Å². The molecule has 1 fully saturated rings. The average Bonchev–Trinajstić information content (AvgIpc) is 3.26. The summed E-state index contributed by atoms with van der Waals surface area (Å²) in [5.74, 6) is 1.36. The molecule has 110 valence electrons. The highest BCUT2D eigenvalue weighted by atomic mass is 32.2. The SMILES string of the molecule is CSCc1ccc(NC(=O)NC(C)(CO)C2CC2)cc1. The Bertz CT molecular complexity index is 459. The van der Waals surface area contributed by atoms with E-state index < -0.39 is 5.54 Å². The van der Waals surface area contributed by atoms with Gasteiger partial charge in [-0.1, -0.05) is 12.1 Å². The Balaban J connectivity index is 1.90. The minimum Gasteiger partial charge on any atom is -0.394 e. The predicted octanol–water partition coefficient (Wildman–Crippen LogP) is 2.83. The summed E-state index contributed by atoms with van der Waals surface area (Å²) >= 11 is 1.77. The van der Waals surface area contributed by atoms with Crippen molar-refractivity contribution in [1.82, 2.24) is 5.32 Å². The first-order chi connectivity index (χ1) is 9.57. The van der Waals surface area contributed by atoms with Crippen molar-refractivity contribution >= 4 is 23.5 Å². The number of nitrogens with one attached hydrogen (secondary N) is 2. The van der Waals surface area contributed by atoms with Gasteiger partial charge in [0.2, 0.25) is 0 Å². The molecule has 1 unspecified atom stereocenters. The minimum atomic E-state index is -0.511. The first kappa shape index (κ1) is 15.2. The zero-order valence-electron chi connectivity index (χ0n) is 12.0. The molecule has 2 rings (SSSR count). The summed E-state index contributed by atoms with van der Waals surface area (Å²) in [6, 6.07) is 7.57. The Morgan fingerprint density at radius 1 is 1.40 bits per heavy atom. The van der Waals surface area contributed by atoms with Crippen molar-refractivity contribution < 1.29 is 9.90 Å². The van der Waals surface area contributed by atoms with Crippen LogP contribution in [0.1, 0.15) is 25.3 Å². The van der Waals surface area contributed by atoms with Crippen LogP contribution in [-0.2, 0) is 5.75 Å². The molecule has 1 saturated carbocycles. The summed E-state index contributed by atoms with van der Waals surface area (Å²) in [5.41, 5.74) is 1.49. The zero-order valence-corrected chi connectivity index (χ0v) is 12.8. The van der Waals surface area contributed by atoms with Crippen LogP contribution >= 0.6 is 11.8 Å². The van der Waals surface area contributed by atoms with Crippen LogP contribution < -0.4 is 10.6 Å². The molecule has 1 aromatic rings. The highest BCUT2D eigenvalue weighted by Crippen LogP contribution is 2.39. The van der Waals surface area contributed by atoms with E-state index in [0.717, 1.165) is 24.3 Å². The van der Waals surface area contributed by atoms with Gasteiger partial charge < -0.3 is 15.7 Å². The van der Waals surface area contributed by atoms with Crippen LogP contribution in [0, 0.1) is 5.92 Å². The first-order valence-corrected chi connectivity index (χ1v) is 8.24. The number of urea groups is 1. The van der Waals surface area contributed by atoms with Crippen LogP contribution in [0.25, 0.3) is 0 Å². The van der Waals surface area contributed by atoms with Crippen molar-refractivity contribution in [2.24, 2.45) is 5.92 Å². The lowest BCUT2D eigenvalue weighted by Gasteiger charge is -2.28. The van der Waals surface area contributed by atoms with Crippen LogP contribution in [0.4, 0.5) is 10.5 Å². The van der Waals surface area contributed by atoms with Crippen molar-refractivity contribution in [3.8, 4) is 0 Å². The molecule has 3 N–H and O–H groups in total. The smallest absolute Gasteiger partial charge is 0.319 e. The molecule has 1 aromatic carbocycles. The molecule has 0 radical (unpaired) electrons. The molecule has 0 aliphatic heterocycles. The van der Waals surface area contributed by atoms with Crippen molar-refractivity contribution in [3.63, 3.8) is 0 Å². The normalized spacial score (nSPS) is 17.4. The molecule has 0 heterocycles. The van der Waals surface area contributed by atoms with E-state index in [2.05, 4.69) is 16.9 Å². The Hall–Kier alpha value is -1.20. The van der Waals surface area contributed by atoms with Gasteiger partial charge in [-0.2, -0.15) is 11.8 Å². The van der Waals surface area contributed by atoms with Crippen molar-refractivity contribution in [1.29, 1.82) is 0 Å². The number of aliphatic hydroxyl groups is 1. The molecule has 1 aliphatic carbocycles. The highest BCUT2D eigenvalue weighted by Gasteiger charge is 2.42. The summed E-state index contributed by atoms with van der Waals surface area (Å²) < 4.78 is 0. The van der Waals surface area contributed by atoms with Crippen LogP contribution in [0.2, 0.25) is 0 Å². The number of hydrogen-bond acceptors (Lipinski definition) is 3. The maximum Gasteiger partial charge on any atom is 0.319 e. The second kappa shape index (κ2) is 6.50. The van der Waals surface area contributed by atoms with E-state index in [0.29, 0.717) is 5.92 Å². The number of thioether (sulfide) groups is 1. The van der Waals surface area contributed by atoms with E-state index >= 15 is 0 Å². The summed E-state index contributed by atoms with van der Waals surface area (Å²) in [4.78, 5) is 12.0. The zero-order chi connectivity index (χ0) is 14.6. The Morgan fingerprint density at radius 2 is 2.05 bits per heavy atom. The van der Waals surface area contributed by atoms with Crippen LogP contribution in [0.3, 0.4) is 0 Å². The number of amides is 2. The van der Waals surface area contributed by atoms with Gasteiger partial charge in [0, 0.05) is 11.4 Å². The van der Waals surface area contributed by atoms with E-state index in [4.69, 9.17) is 0 Å². The van der Waals surface area contributed by atoms with Gasteiger partial charge in [-0.15, -0.1) is 0 Å². The molecular formula is C15H22N2O2S. The van der Waals surface area contributed by atoms with Crippen molar-refractivity contribution in [2.75, 3.05) is 18.2 Å². The van der Waals surface area contributed by atoms with Gasteiger partial charge in [0.05, 0.1) is 12.1 Å². The van der Waals surface area contributed by atoms with Crippen molar-refractivity contribution in [3.05, 3.63) is 29.8 Å². The third-order valence-electron chi connectivity index (χ3n) is 3.73. The predicted molar refractivity (Wildman–Crippen MR) is 84.0 cm³/mol. The average molecular weight is 294 g/mol. The molecule has 20 heavy (non-hydrogen) atoms. The number of hydrogen-bond donors (Lipinski definition) is 3. The van der Waals surface area contributed by atoms with Gasteiger partial charge in [0.1, 0.15) is 0 Å². The van der Waals surface area contributed by atoms with E-state index in [9.17, 15) is 9.90 Å². The fourth-order valence-corrected chi connectivity index (χ4v) is 2.79. The molecule has 4 nitrogen and oxygen atoms in total. The van der Waals surface area contributed by atoms with Gasteiger partial charge in [-0.05, 0) is 49.6 Å². The summed E-state index contributed by atoms with van der Waals surface area (Å²) in [5, 5.41) is 15.2. The molecule has 0 bridgehead atoms. The molecule has 2 amide bonds. The number of carbonyl (C=O) groups excluding carboxylic acids is 1. The summed E-state index contributed by atoms with van der Waals surface area (Å²) in [6.45, 7) is 1.86. The minimum absolute atomic E-state index is 0.0300. The van der Waals surface area contributed by atoms with E-state index in [1.54, 1.807) is 11.8 Å². The Kier molecular flexibility index (Phi) is 4.94. The summed E-state index contributed by atoms with van der Waals surface area (Å²) in [7, 11) is 0. The first-order valence-electron chi connectivity index (χ1n) is 6.85. The maximum atomic E-state index is 12.0. The third kappa shape index (κ3) is 3.90. The van der Waals surface area contributed by atoms with Gasteiger partial charge >= 0.3 is 6.03 Å². The molecule has 1 atom stereocenters. The second-order valence-corrected chi connectivity index (χ2v) is 6.42. The number of anilines is 1. The van der Waals surface area contributed by atoms with Gasteiger partial charge in [-0.3, -0.25) is 0 Å². The number of carbonyl (C=O) groups is 1. The Labute approximate surface area is 124 Å². The largest absolute Gasteiger partial charge is 0.394 e. The lowest BCUT2D eigenvalue weighted by Crippen LogP contribution is -2.52. The van der Waals surface area contributed by atoms with Crippen LogP contribution in [0.15, 0.2) is 24.3 Å². The van der Waals surface area contributed by atoms with Gasteiger partial charge in [0.25, 0.3) is 0 Å². The van der Waals surface area contributed by atoms with E-state index in [1.807, 2.05) is 31.2 Å². The fraction of sp³-hybridized carbons (Fsp3) is 0.533. The van der Waals surface area contributed by atoms with E-state index in [1.165, 1.54) is 5.56 Å².